The van der Waals surface area contributed by atoms with E-state index in [1.165, 1.54) is 41.3 Å². The molecule has 10 heteroatoms. The third-order valence-corrected chi connectivity index (χ3v) is 7.49. The second kappa shape index (κ2) is 13.7. The molecule has 0 aromatic heterocycles. The fraction of sp³-hybridized carbons (Fsp3) is 0.355. The molecule has 0 spiro atoms. The molecule has 3 aromatic carbocycles. The van der Waals surface area contributed by atoms with Crippen LogP contribution in [0.3, 0.4) is 0 Å². The summed E-state index contributed by atoms with van der Waals surface area (Å²) in [5.41, 5.74) is 0.815. The number of halogens is 2. The van der Waals surface area contributed by atoms with Gasteiger partial charge in [-0.2, -0.15) is 0 Å². The number of para-hydroxylation sites is 1. The Labute approximate surface area is 241 Å². The maximum Gasteiger partial charge on any atom is 0.243 e. The summed E-state index contributed by atoms with van der Waals surface area (Å²) in [6.45, 7) is 5.45. The predicted molar refractivity (Wildman–Crippen MR) is 157 cm³/mol. The number of benzene rings is 3. The molecule has 3 rings (SSSR count). The van der Waals surface area contributed by atoms with E-state index in [4.69, 9.17) is 0 Å². The van der Waals surface area contributed by atoms with Gasteiger partial charge in [0.1, 0.15) is 17.7 Å². The molecule has 3 aromatic rings. The number of carbonyl (C=O) groups excluding carboxylic acids is 2. The minimum absolute atomic E-state index is 0.0390. The Morgan fingerprint density at radius 3 is 2.07 bits per heavy atom. The van der Waals surface area contributed by atoms with Gasteiger partial charge in [-0.15, -0.1) is 0 Å². The monoisotopic (exact) mass is 585 g/mol. The van der Waals surface area contributed by atoms with Gasteiger partial charge in [0.15, 0.2) is 0 Å². The van der Waals surface area contributed by atoms with Crippen LogP contribution in [0.4, 0.5) is 14.5 Å². The van der Waals surface area contributed by atoms with Gasteiger partial charge in [-0.05, 0) is 62.6 Å². The number of nitrogens with zero attached hydrogens (tertiary/aromatic N) is 2. The van der Waals surface area contributed by atoms with Crippen molar-refractivity contribution < 1.29 is 26.8 Å². The van der Waals surface area contributed by atoms with Crippen molar-refractivity contribution in [2.45, 2.75) is 58.2 Å². The molecule has 1 atom stereocenters. The van der Waals surface area contributed by atoms with Crippen molar-refractivity contribution in [2.24, 2.45) is 0 Å². The molecule has 2 amide bonds. The number of sulfonamides is 1. The molecule has 1 N–H and O–H groups in total. The molecule has 0 saturated carbocycles. The van der Waals surface area contributed by atoms with Crippen molar-refractivity contribution in [2.75, 3.05) is 17.1 Å². The van der Waals surface area contributed by atoms with Crippen molar-refractivity contribution in [3.8, 4) is 0 Å². The summed E-state index contributed by atoms with van der Waals surface area (Å²) in [6, 6.07) is 19.6. The zero-order chi connectivity index (χ0) is 30.2. The number of nitrogens with one attached hydrogen (secondary N) is 1. The molecular weight excluding hydrogens is 548 g/mol. The van der Waals surface area contributed by atoms with Crippen LogP contribution in [0.2, 0.25) is 0 Å². The molecule has 0 aliphatic heterocycles. The molecule has 7 nitrogen and oxygen atoms in total. The summed E-state index contributed by atoms with van der Waals surface area (Å²) in [5.74, 6) is -1.85. The van der Waals surface area contributed by atoms with Crippen LogP contribution in [-0.2, 0) is 32.6 Å². The first-order valence-electron chi connectivity index (χ1n) is 13.4. The minimum Gasteiger partial charge on any atom is -0.350 e. The fourth-order valence-corrected chi connectivity index (χ4v) is 5.40. The van der Waals surface area contributed by atoms with Crippen LogP contribution in [0.25, 0.3) is 0 Å². The summed E-state index contributed by atoms with van der Waals surface area (Å²) in [6.07, 6.45) is 1.20. The van der Waals surface area contributed by atoms with E-state index in [2.05, 4.69) is 5.32 Å². The van der Waals surface area contributed by atoms with Crippen molar-refractivity contribution in [3.05, 3.63) is 102 Å². The molecule has 0 fully saturated rings. The van der Waals surface area contributed by atoms with E-state index in [9.17, 15) is 26.8 Å². The lowest BCUT2D eigenvalue weighted by atomic mass is 10.00. The first kappa shape index (κ1) is 31.7. The van der Waals surface area contributed by atoms with Gasteiger partial charge in [0.25, 0.3) is 0 Å². The average molecular weight is 586 g/mol. The Morgan fingerprint density at radius 1 is 0.878 bits per heavy atom. The average Bonchev–Trinajstić information content (AvgIpc) is 2.89. The Balaban J connectivity index is 1.90. The van der Waals surface area contributed by atoms with Crippen LogP contribution in [0.5, 0.6) is 0 Å². The second-order valence-corrected chi connectivity index (χ2v) is 12.9. The highest BCUT2D eigenvalue weighted by Crippen LogP contribution is 2.23. The molecule has 41 heavy (non-hydrogen) atoms. The van der Waals surface area contributed by atoms with Gasteiger partial charge < -0.3 is 10.2 Å². The van der Waals surface area contributed by atoms with Crippen LogP contribution in [0.15, 0.2) is 78.9 Å². The number of hydrogen-bond acceptors (Lipinski definition) is 4. The number of anilines is 1. The summed E-state index contributed by atoms with van der Waals surface area (Å²) < 4.78 is 54.0. The molecule has 0 aliphatic carbocycles. The van der Waals surface area contributed by atoms with E-state index in [-0.39, 0.29) is 49.9 Å². The van der Waals surface area contributed by atoms with Gasteiger partial charge in [0.05, 0.1) is 11.9 Å². The quantitative estimate of drug-likeness (QED) is 0.322. The standard InChI is InChI=1S/C31H37F2N3O4S/c1-31(2,3)34-30(38)28(21-23-11-6-5-7-12-23)35(22-24-16-18-25(32)19-17-24)29(37)15-10-20-36(41(4,39)40)27-14-9-8-13-26(27)33/h5-9,11-14,16-19,28H,10,15,20-22H2,1-4H3,(H,34,38)/t28-/m1/s1. The second-order valence-electron chi connectivity index (χ2n) is 11.0. The third-order valence-electron chi connectivity index (χ3n) is 6.31. The normalized spacial score (nSPS) is 12.4. The Morgan fingerprint density at radius 2 is 1.49 bits per heavy atom. The largest absolute Gasteiger partial charge is 0.350 e. The zero-order valence-electron chi connectivity index (χ0n) is 23.8. The maximum atomic E-state index is 14.4. The van der Waals surface area contributed by atoms with Gasteiger partial charge in [0, 0.05) is 31.5 Å². The molecule has 0 radical (unpaired) electrons. The van der Waals surface area contributed by atoms with Crippen LogP contribution in [0, 0.1) is 11.6 Å². The van der Waals surface area contributed by atoms with Crippen LogP contribution < -0.4 is 9.62 Å². The van der Waals surface area contributed by atoms with E-state index < -0.39 is 33.2 Å². The smallest absolute Gasteiger partial charge is 0.243 e. The lowest BCUT2D eigenvalue weighted by Gasteiger charge is -2.34. The third kappa shape index (κ3) is 9.67. The van der Waals surface area contributed by atoms with Gasteiger partial charge in [-0.1, -0.05) is 54.6 Å². The summed E-state index contributed by atoms with van der Waals surface area (Å²) >= 11 is 0. The van der Waals surface area contributed by atoms with E-state index in [1.807, 2.05) is 51.1 Å². The van der Waals surface area contributed by atoms with E-state index in [0.717, 1.165) is 16.1 Å². The number of amides is 2. The lowest BCUT2D eigenvalue weighted by Crippen LogP contribution is -2.54. The zero-order valence-corrected chi connectivity index (χ0v) is 24.6. The molecule has 0 unspecified atom stereocenters. The number of rotatable bonds is 12. The Hall–Kier alpha value is -3.79. The van der Waals surface area contributed by atoms with Gasteiger partial charge in [-0.25, -0.2) is 17.2 Å². The summed E-state index contributed by atoms with van der Waals surface area (Å²) in [7, 11) is -3.83. The van der Waals surface area contributed by atoms with Crippen molar-refractivity contribution in [1.82, 2.24) is 10.2 Å². The van der Waals surface area contributed by atoms with E-state index in [0.29, 0.717) is 5.56 Å². The topological polar surface area (TPSA) is 86.8 Å². The molecule has 0 aliphatic rings. The highest BCUT2D eigenvalue weighted by molar-refractivity contribution is 7.92. The number of hydrogen-bond donors (Lipinski definition) is 1. The predicted octanol–water partition coefficient (Wildman–Crippen LogP) is 5.07. The van der Waals surface area contributed by atoms with Crippen LogP contribution in [0.1, 0.15) is 44.7 Å². The van der Waals surface area contributed by atoms with Crippen molar-refractivity contribution in [1.29, 1.82) is 0 Å². The molecule has 0 heterocycles. The SMILES string of the molecule is CC(C)(C)NC(=O)[C@@H](Cc1ccccc1)N(Cc1ccc(F)cc1)C(=O)CCCN(c1ccccc1F)S(C)(=O)=O. The lowest BCUT2D eigenvalue weighted by molar-refractivity contribution is -0.142. The summed E-state index contributed by atoms with van der Waals surface area (Å²) in [5, 5.41) is 2.97. The van der Waals surface area contributed by atoms with Gasteiger partial charge in [-0.3, -0.25) is 13.9 Å². The molecule has 0 bridgehead atoms. The Kier molecular flexibility index (Phi) is 10.6. The van der Waals surface area contributed by atoms with Crippen LogP contribution in [-0.4, -0.2) is 49.5 Å². The number of carbonyl (C=O) groups is 2. The van der Waals surface area contributed by atoms with Crippen molar-refractivity contribution in [3.63, 3.8) is 0 Å². The van der Waals surface area contributed by atoms with Gasteiger partial charge >= 0.3 is 0 Å². The van der Waals surface area contributed by atoms with Crippen molar-refractivity contribution >= 4 is 27.5 Å². The highest BCUT2D eigenvalue weighted by atomic mass is 32.2. The van der Waals surface area contributed by atoms with E-state index >= 15 is 0 Å². The van der Waals surface area contributed by atoms with Gasteiger partial charge in [0.2, 0.25) is 21.8 Å². The Bertz CT molecular complexity index is 1430. The first-order chi connectivity index (χ1) is 19.2. The molecule has 0 saturated heterocycles. The maximum absolute atomic E-state index is 14.4. The van der Waals surface area contributed by atoms with E-state index in [1.54, 1.807) is 12.1 Å². The molecule has 220 valence electrons. The molecular formula is C31H37F2N3O4S. The summed E-state index contributed by atoms with van der Waals surface area (Å²) in [4.78, 5) is 28.8. The first-order valence-corrected chi connectivity index (χ1v) is 15.2. The van der Waals surface area contributed by atoms with Crippen LogP contribution >= 0.6 is 0 Å². The highest BCUT2D eigenvalue weighted by Gasteiger charge is 2.32. The fourth-order valence-electron chi connectivity index (χ4n) is 4.43. The minimum atomic E-state index is -3.83.